The van der Waals surface area contributed by atoms with E-state index >= 15 is 0 Å². The van der Waals surface area contributed by atoms with Crippen LogP contribution in [0.15, 0.2) is 30.3 Å². The number of hydrogen-bond donors (Lipinski definition) is 0. The molecule has 1 saturated carbocycles. The number of nitrogens with zero attached hydrogens (tertiary/aromatic N) is 2. The van der Waals surface area contributed by atoms with E-state index in [-0.39, 0.29) is 23.6 Å². The second kappa shape index (κ2) is 5.27. The summed E-state index contributed by atoms with van der Waals surface area (Å²) < 4.78 is 0. The van der Waals surface area contributed by atoms with E-state index < -0.39 is 21.7 Å². The number of fused-ring (bicyclic) bond motifs is 4. The van der Waals surface area contributed by atoms with Gasteiger partial charge >= 0.3 is 0 Å². The van der Waals surface area contributed by atoms with Crippen molar-refractivity contribution in [2.75, 3.05) is 14.1 Å². The van der Waals surface area contributed by atoms with E-state index in [2.05, 4.69) is 19.1 Å². The van der Waals surface area contributed by atoms with Crippen LogP contribution in [-0.2, 0) is 19.2 Å². The third kappa shape index (κ3) is 1.64. The monoisotopic (exact) mass is 370 g/mol. The van der Waals surface area contributed by atoms with Crippen LogP contribution in [0.2, 0.25) is 0 Å². The van der Waals surface area contributed by atoms with Crippen molar-refractivity contribution in [3.05, 3.63) is 35.9 Å². The van der Waals surface area contributed by atoms with Crippen LogP contribution < -0.4 is 0 Å². The summed E-state index contributed by atoms with van der Waals surface area (Å²) in [5.74, 6) is -1.49. The number of carbonyl (C=O) groups excluding carboxylic acids is 4. The minimum Gasteiger partial charge on any atom is -0.285 e. The zero-order chi connectivity index (χ0) is 20.6. The number of benzene rings is 1. The van der Waals surface area contributed by atoms with Gasteiger partial charge in [-0.25, -0.2) is 0 Å². The molecule has 6 nitrogen and oxygen atoms in total. The van der Waals surface area contributed by atoms with E-state index in [9.17, 15) is 19.2 Å². The van der Waals surface area contributed by atoms with Gasteiger partial charge in [0.25, 0.3) is 0 Å². The van der Waals surface area contributed by atoms with Gasteiger partial charge in [-0.05, 0) is 34.6 Å². The third-order valence-electron chi connectivity index (χ3n) is 7.87. The molecule has 0 aromatic heterocycles. The van der Waals surface area contributed by atoms with Gasteiger partial charge in [0.1, 0.15) is 0 Å². The molecule has 0 spiro atoms. The van der Waals surface area contributed by atoms with Gasteiger partial charge in [0, 0.05) is 14.1 Å². The lowest BCUT2D eigenvalue weighted by molar-refractivity contribution is -0.243. The molecule has 0 radical (unpaired) electrons. The molecule has 2 aliphatic heterocycles. The number of imide groups is 2. The molecule has 6 heteroatoms. The van der Waals surface area contributed by atoms with E-state index in [4.69, 9.17) is 0 Å². The van der Waals surface area contributed by atoms with Crippen LogP contribution in [0.3, 0.4) is 0 Å². The molecule has 2 heterocycles. The first kappa shape index (κ1) is 19.3. The molecule has 2 saturated heterocycles. The molecule has 0 unspecified atom stereocenters. The Balaban J connectivity index is 0.000000253. The van der Waals surface area contributed by atoms with Gasteiger partial charge in [-0.1, -0.05) is 35.9 Å². The van der Waals surface area contributed by atoms with Gasteiger partial charge in [-0.2, -0.15) is 0 Å². The summed E-state index contributed by atoms with van der Waals surface area (Å²) in [6, 6.07) is 10.3. The molecular weight excluding hydrogens is 344 g/mol. The van der Waals surface area contributed by atoms with Gasteiger partial charge in [-0.3, -0.25) is 29.0 Å². The maximum absolute atomic E-state index is 12.6. The Morgan fingerprint density at radius 3 is 1.04 bits per heavy atom. The van der Waals surface area contributed by atoms with Crippen LogP contribution in [0.5, 0.6) is 0 Å². The molecule has 1 aromatic carbocycles. The normalized spacial score (nSPS) is 39.7. The number of aryl methyl sites for hydroxylation is 1. The largest absolute Gasteiger partial charge is 0.285 e. The van der Waals surface area contributed by atoms with Crippen LogP contribution >= 0.6 is 0 Å². The van der Waals surface area contributed by atoms with Crippen molar-refractivity contribution >= 4 is 23.6 Å². The summed E-state index contributed by atoms with van der Waals surface area (Å²) in [7, 11) is 2.83. The van der Waals surface area contributed by atoms with Crippen molar-refractivity contribution in [2.24, 2.45) is 21.7 Å². The van der Waals surface area contributed by atoms with Crippen LogP contribution in [0.4, 0.5) is 0 Å². The summed E-state index contributed by atoms with van der Waals surface area (Å²) >= 11 is 0. The Labute approximate surface area is 159 Å². The number of amides is 4. The van der Waals surface area contributed by atoms with E-state index in [1.54, 1.807) is 27.7 Å². The first-order chi connectivity index (χ1) is 12.3. The predicted octanol–water partition coefficient (Wildman–Crippen LogP) is 2.02. The van der Waals surface area contributed by atoms with Gasteiger partial charge in [0.15, 0.2) is 0 Å². The highest BCUT2D eigenvalue weighted by atomic mass is 16.2. The molecule has 3 fully saturated rings. The van der Waals surface area contributed by atoms with Gasteiger partial charge in [0.2, 0.25) is 23.6 Å². The summed E-state index contributed by atoms with van der Waals surface area (Å²) in [4.78, 5) is 52.4. The predicted molar refractivity (Wildman–Crippen MR) is 99.2 cm³/mol. The smallest absolute Gasteiger partial charge is 0.237 e. The van der Waals surface area contributed by atoms with Gasteiger partial charge in [0.05, 0.1) is 21.7 Å². The Bertz CT molecular complexity index is 759. The van der Waals surface area contributed by atoms with Crippen molar-refractivity contribution in [2.45, 2.75) is 34.6 Å². The van der Waals surface area contributed by atoms with Crippen molar-refractivity contribution in [3.8, 4) is 0 Å². The second-order valence-electron chi connectivity index (χ2n) is 8.49. The average molecular weight is 370 g/mol. The van der Waals surface area contributed by atoms with E-state index in [0.717, 1.165) is 9.80 Å². The Kier molecular flexibility index (Phi) is 3.76. The number of hydrogen-bond acceptors (Lipinski definition) is 4. The molecule has 3 aliphatic rings. The fraction of sp³-hybridized carbons (Fsp3) is 0.524. The van der Waals surface area contributed by atoms with Crippen LogP contribution in [0.1, 0.15) is 33.3 Å². The van der Waals surface area contributed by atoms with E-state index in [1.165, 1.54) is 19.7 Å². The summed E-state index contributed by atoms with van der Waals surface area (Å²) in [6.45, 7) is 8.65. The van der Waals surface area contributed by atoms with E-state index in [0.29, 0.717) is 0 Å². The number of carbonyl (C=O) groups is 4. The average Bonchev–Trinajstić information content (AvgIpc) is 2.87. The van der Waals surface area contributed by atoms with Crippen LogP contribution in [-0.4, -0.2) is 47.5 Å². The summed E-state index contributed by atoms with van der Waals surface area (Å²) in [6.07, 6.45) is 0. The standard InChI is InChI=1S/C14H18N2O4.C7H8/c1-11-7(17)15(5)8(18)12(11,2)14(4)10(20)16(6)9(19)13(11,14)3;1-7-5-3-2-4-6-7/h1-6H3;2-6H,1H3. The van der Waals surface area contributed by atoms with E-state index in [1.807, 2.05) is 18.2 Å². The maximum Gasteiger partial charge on any atom is 0.237 e. The lowest BCUT2D eigenvalue weighted by Crippen LogP contribution is -2.77. The molecule has 4 amide bonds. The van der Waals surface area contributed by atoms with Crippen molar-refractivity contribution < 1.29 is 19.2 Å². The Morgan fingerprint density at radius 2 is 0.852 bits per heavy atom. The Morgan fingerprint density at radius 1 is 0.593 bits per heavy atom. The van der Waals surface area contributed by atoms with Crippen molar-refractivity contribution in [1.82, 2.24) is 9.80 Å². The minimum absolute atomic E-state index is 0.374. The highest BCUT2D eigenvalue weighted by molar-refractivity contribution is 6.24. The first-order valence-corrected chi connectivity index (χ1v) is 9.02. The minimum atomic E-state index is -1.17. The molecule has 4 rings (SSSR count). The highest BCUT2D eigenvalue weighted by Crippen LogP contribution is 2.83. The number of likely N-dealkylation sites (tertiary alicyclic amines) is 2. The molecule has 27 heavy (non-hydrogen) atoms. The lowest BCUT2D eigenvalue weighted by Gasteiger charge is -2.67. The fourth-order valence-corrected chi connectivity index (χ4v) is 5.71. The second-order valence-corrected chi connectivity index (χ2v) is 8.49. The summed E-state index contributed by atoms with van der Waals surface area (Å²) in [5, 5.41) is 0. The fourth-order valence-electron chi connectivity index (χ4n) is 5.71. The SMILES string of the molecule is CN1C(=O)C2(C)C(C)(C1=O)C1(C)C(=O)N(C)C(=O)C21C.Cc1ccccc1. The van der Waals surface area contributed by atoms with Gasteiger partial charge < -0.3 is 0 Å². The zero-order valence-corrected chi connectivity index (χ0v) is 16.9. The van der Waals surface area contributed by atoms with Crippen molar-refractivity contribution in [3.63, 3.8) is 0 Å². The maximum atomic E-state index is 12.6. The number of rotatable bonds is 0. The molecule has 1 aliphatic carbocycles. The summed E-state index contributed by atoms with van der Waals surface area (Å²) in [5.41, 5.74) is -3.35. The molecule has 144 valence electrons. The molecule has 0 N–H and O–H groups in total. The quantitative estimate of drug-likeness (QED) is 0.655. The van der Waals surface area contributed by atoms with Crippen LogP contribution in [0, 0.1) is 28.6 Å². The Hall–Kier alpha value is -2.50. The van der Waals surface area contributed by atoms with Crippen LogP contribution in [0.25, 0.3) is 0 Å². The highest BCUT2D eigenvalue weighted by Gasteiger charge is 2.96. The molecule has 0 bridgehead atoms. The molecule has 0 atom stereocenters. The molecular formula is C21H26N2O4. The topological polar surface area (TPSA) is 74.8 Å². The zero-order valence-electron chi connectivity index (χ0n) is 16.9. The van der Waals surface area contributed by atoms with Gasteiger partial charge in [-0.15, -0.1) is 0 Å². The van der Waals surface area contributed by atoms with Crippen molar-refractivity contribution in [1.29, 1.82) is 0 Å². The first-order valence-electron chi connectivity index (χ1n) is 9.02. The third-order valence-corrected chi connectivity index (χ3v) is 7.87. The lowest BCUT2D eigenvalue weighted by atomic mass is 9.27. The molecule has 1 aromatic rings.